The lowest BCUT2D eigenvalue weighted by Gasteiger charge is -2.01. The van der Waals surface area contributed by atoms with Gasteiger partial charge in [-0.05, 0) is 12.1 Å². The highest BCUT2D eigenvalue weighted by molar-refractivity contribution is 5.56. The molecule has 0 saturated heterocycles. The highest BCUT2D eigenvalue weighted by Gasteiger charge is 1.98. The van der Waals surface area contributed by atoms with Gasteiger partial charge in [0.2, 0.25) is 0 Å². The van der Waals surface area contributed by atoms with E-state index in [0.29, 0.717) is 17.6 Å². The highest BCUT2D eigenvalue weighted by Crippen LogP contribution is 2.22. The van der Waals surface area contributed by atoms with Gasteiger partial charge in [-0.2, -0.15) is 0 Å². The lowest BCUT2D eigenvalue weighted by molar-refractivity contribution is -0.107. The number of hydrogen-bond acceptors (Lipinski definition) is 3. The molecule has 3 heteroatoms. The molecular formula is C11H10O3. The minimum Gasteiger partial charge on any atom is -0.507 e. The van der Waals surface area contributed by atoms with Crippen molar-refractivity contribution in [2.24, 2.45) is 0 Å². The molecule has 0 aliphatic carbocycles. The van der Waals surface area contributed by atoms with Crippen LogP contribution in [0, 0.1) is 11.8 Å². The molecule has 0 bridgehead atoms. The first-order chi connectivity index (χ1) is 6.77. The van der Waals surface area contributed by atoms with Crippen LogP contribution < -0.4 is 4.74 Å². The second-order valence-corrected chi connectivity index (χ2v) is 2.56. The maximum absolute atomic E-state index is 10.00. The van der Waals surface area contributed by atoms with E-state index < -0.39 is 0 Å². The third-order valence-electron chi connectivity index (χ3n) is 1.61. The van der Waals surface area contributed by atoms with Crippen molar-refractivity contribution in [2.45, 2.75) is 6.42 Å². The zero-order chi connectivity index (χ0) is 10.4. The van der Waals surface area contributed by atoms with Crippen LogP contribution in [-0.2, 0) is 4.79 Å². The minimum atomic E-state index is 0.0581. The van der Waals surface area contributed by atoms with E-state index in [-0.39, 0.29) is 12.2 Å². The molecule has 0 heterocycles. The first-order valence-electron chi connectivity index (χ1n) is 4.07. The van der Waals surface area contributed by atoms with Crippen molar-refractivity contribution in [1.82, 2.24) is 0 Å². The van der Waals surface area contributed by atoms with E-state index in [4.69, 9.17) is 4.74 Å². The van der Waals surface area contributed by atoms with Crippen molar-refractivity contribution in [3.63, 3.8) is 0 Å². The van der Waals surface area contributed by atoms with Gasteiger partial charge >= 0.3 is 0 Å². The number of rotatable bonds is 2. The quantitative estimate of drug-likeness (QED) is 0.565. The second kappa shape index (κ2) is 4.93. The monoisotopic (exact) mass is 190 g/mol. The smallest absolute Gasteiger partial charge is 0.134 e. The summed E-state index contributed by atoms with van der Waals surface area (Å²) in [6.07, 6.45) is 0.888. The van der Waals surface area contributed by atoms with Gasteiger partial charge in [-0.25, -0.2) is 0 Å². The summed E-state index contributed by atoms with van der Waals surface area (Å²) in [6.45, 7) is 0. The Morgan fingerprint density at radius 1 is 1.57 bits per heavy atom. The Bertz CT molecular complexity index is 385. The number of ether oxygens (including phenoxy) is 1. The molecule has 1 N–H and O–H groups in total. The third-order valence-corrected chi connectivity index (χ3v) is 1.61. The maximum Gasteiger partial charge on any atom is 0.134 e. The van der Waals surface area contributed by atoms with Gasteiger partial charge in [-0.1, -0.05) is 11.8 Å². The maximum atomic E-state index is 10.00. The largest absolute Gasteiger partial charge is 0.507 e. The fourth-order valence-electron chi connectivity index (χ4n) is 0.932. The van der Waals surface area contributed by atoms with Crippen molar-refractivity contribution in [3.05, 3.63) is 23.8 Å². The average Bonchev–Trinajstić information content (AvgIpc) is 2.20. The molecular weight excluding hydrogens is 180 g/mol. The standard InChI is InChI=1S/C11H10O3/c1-14-10-6-5-9(11(13)8-10)4-2-3-7-12/h5-8,13H,3H2,1H3. The minimum absolute atomic E-state index is 0.0581. The van der Waals surface area contributed by atoms with Crippen LogP contribution in [0.25, 0.3) is 0 Å². The van der Waals surface area contributed by atoms with E-state index in [2.05, 4.69) is 11.8 Å². The number of methoxy groups -OCH3 is 1. The fraction of sp³-hybridized carbons (Fsp3) is 0.182. The Labute approximate surface area is 82.3 Å². The first-order valence-corrected chi connectivity index (χ1v) is 4.07. The van der Waals surface area contributed by atoms with Crippen LogP contribution in [0.5, 0.6) is 11.5 Å². The van der Waals surface area contributed by atoms with Gasteiger partial charge in [0.15, 0.2) is 0 Å². The van der Waals surface area contributed by atoms with Gasteiger partial charge < -0.3 is 14.6 Å². The topological polar surface area (TPSA) is 46.5 Å². The molecule has 1 rings (SSSR count). The Kier molecular flexibility index (Phi) is 3.57. The molecule has 0 unspecified atom stereocenters. The highest BCUT2D eigenvalue weighted by atomic mass is 16.5. The molecule has 0 amide bonds. The number of phenols is 1. The predicted molar refractivity (Wildman–Crippen MR) is 52.2 cm³/mol. The van der Waals surface area contributed by atoms with Crippen LogP contribution in [0.4, 0.5) is 0 Å². The molecule has 0 aliphatic rings. The van der Waals surface area contributed by atoms with E-state index in [0.717, 1.165) is 0 Å². The third kappa shape index (κ3) is 2.53. The van der Waals surface area contributed by atoms with Crippen LogP contribution in [0.3, 0.4) is 0 Å². The van der Waals surface area contributed by atoms with Crippen molar-refractivity contribution < 1.29 is 14.6 Å². The Morgan fingerprint density at radius 3 is 2.93 bits per heavy atom. The summed E-state index contributed by atoms with van der Waals surface area (Å²) in [6, 6.07) is 4.82. The number of benzene rings is 1. The molecule has 0 spiro atoms. The van der Waals surface area contributed by atoms with Crippen LogP contribution >= 0.6 is 0 Å². The summed E-state index contributed by atoms with van der Waals surface area (Å²) in [5.74, 6) is 5.92. The Balaban J connectivity index is 2.90. The average molecular weight is 190 g/mol. The van der Waals surface area contributed by atoms with Crippen molar-refractivity contribution in [2.75, 3.05) is 7.11 Å². The van der Waals surface area contributed by atoms with Crippen LogP contribution in [0.2, 0.25) is 0 Å². The molecule has 0 atom stereocenters. The molecule has 0 aliphatic heterocycles. The van der Waals surface area contributed by atoms with Crippen molar-refractivity contribution >= 4 is 6.29 Å². The molecule has 1 aromatic carbocycles. The van der Waals surface area contributed by atoms with Crippen LogP contribution in [-0.4, -0.2) is 18.5 Å². The Hall–Kier alpha value is -1.95. The van der Waals surface area contributed by atoms with Gasteiger partial charge in [0.05, 0.1) is 19.1 Å². The molecule has 0 saturated carbocycles. The number of phenolic OH excluding ortho intramolecular Hbond substituents is 1. The van der Waals surface area contributed by atoms with Gasteiger partial charge in [-0.3, -0.25) is 0 Å². The molecule has 72 valence electrons. The molecule has 0 fully saturated rings. The van der Waals surface area contributed by atoms with Gasteiger partial charge in [0.25, 0.3) is 0 Å². The summed E-state index contributed by atoms with van der Waals surface area (Å²) in [7, 11) is 1.52. The summed E-state index contributed by atoms with van der Waals surface area (Å²) < 4.78 is 4.91. The van der Waals surface area contributed by atoms with E-state index in [1.807, 2.05) is 0 Å². The predicted octanol–water partition coefficient (Wildman–Crippen LogP) is 1.34. The van der Waals surface area contributed by atoms with Crippen LogP contribution in [0.1, 0.15) is 12.0 Å². The zero-order valence-corrected chi connectivity index (χ0v) is 7.78. The zero-order valence-electron chi connectivity index (χ0n) is 7.78. The Morgan fingerprint density at radius 2 is 2.36 bits per heavy atom. The summed E-state index contributed by atoms with van der Waals surface area (Å²) in [4.78, 5) is 10.00. The summed E-state index contributed by atoms with van der Waals surface area (Å²) in [5.41, 5.74) is 0.493. The molecule has 3 nitrogen and oxygen atoms in total. The number of carbonyl (C=O) groups excluding carboxylic acids is 1. The molecule has 14 heavy (non-hydrogen) atoms. The number of hydrogen-bond donors (Lipinski definition) is 1. The molecule has 1 aromatic rings. The lowest BCUT2D eigenvalue weighted by Crippen LogP contribution is -1.83. The summed E-state index contributed by atoms with van der Waals surface area (Å²) >= 11 is 0. The summed E-state index contributed by atoms with van der Waals surface area (Å²) in [5, 5.41) is 9.45. The first kappa shape index (κ1) is 10.1. The molecule has 0 radical (unpaired) electrons. The van der Waals surface area contributed by atoms with Crippen molar-refractivity contribution in [3.8, 4) is 23.3 Å². The van der Waals surface area contributed by atoms with Crippen molar-refractivity contribution in [1.29, 1.82) is 0 Å². The second-order valence-electron chi connectivity index (χ2n) is 2.56. The molecule has 0 aromatic heterocycles. The fourth-order valence-corrected chi connectivity index (χ4v) is 0.932. The number of aldehydes is 1. The van der Waals surface area contributed by atoms with E-state index >= 15 is 0 Å². The SMILES string of the molecule is COc1ccc(C#CCC=O)c(O)c1. The van der Waals surface area contributed by atoms with E-state index in [9.17, 15) is 9.90 Å². The number of aromatic hydroxyl groups is 1. The van der Waals surface area contributed by atoms with Crippen LogP contribution in [0.15, 0.2) is 18.2 Å². The normalized spacial score (nSPS) is 8.64. The van der Waals surface area contributed by atoms with Gasteiger partial charge in [-0.15, -0.1) is 0 Å². The van der Waals surface area contributed by atoms with Gasteiger partial charge in [0, 0.05) is 6.07 Å². The van der Waals surface area contributed by atoms with E-state index in [1.165, 1.54) is 13.2 Å². The van der Waals surface area contributed by atoms with E-state index in [1.54, 1.807) is 12.1 Å². The number of carbonyl (C=O) groups is 1. The van der Waals surface area contributed by atoms with Gasteiger partial charge in [0.1, 0.15) is 17.8 Å². The lowest BCUT2D eigenvalue weighted by atomic mass is 10.2.